The molecule has 2 aromatic carbocycles. The number of H-pyrrole nitrogens is 1. The quantitative estimate of drug-likeness (QED) is 0.714. The van der Waals surface area contributed by atoms with Gasteiger partial charge in [-0.1, -0.05) is 24.3 Å². The van der Waals surface area contributed by atoms with Crippen LogP contribution in [0.25, 0.3) is 22.7 Å². The first-order valence-corrected chi connectivity index (χ1v) is 8.75. The van der Waals surface area contributed by atoms with Gasteiger partial charge in [-0.2, -0.15) is 5.26 Å². The van der Waals surface area contributed by atoms with Crippen LogP contribution in [-0.4, -0.2) is 23.1 Å². The molecule has 4 nitrogen and oxygen atoms in total. The van der Waals surface area contributed by atoms with Gasteiger partial charge in [0.05, 0.1) is 16.6 Å². The fraction of sp³-hybridized carbons (Fsp3) is 0.238. The third kappa shape index (κ3) is 3.27. The zero-order valence-electron chi connectivity index (χ0n) is 14.1. The number of allylic oxidation sites excluding steroid dienone is 1. The van der Waals surface area contributed by atoms with Crippen molar-refractivity contribution < 1.29 is 0 Å². The fourth-order valence-corrected chi connectivity index (χ4v) is 3.33. The molecule has 0 saturated carbocycles. The fourth-order valence-electron chi connectivity index (χ4n) is 3.33. The molecule has 0 atom stereocenters. The van der Waals surface area contributed by atoms with Gasteiger partial charge in [-0.25, -0.2) is 4.98 Å². The molecule has 1 aliphatic rings. The van der Waals surface area contributed by atoms with Gasteiger partial charge in [0.2, 0.25) is 0 Å². The maximum Gasteiger partial charge on any atom is 0.149 e. The lowest BCUT2D eigenvalue weighted by Crippen LogP contribution is -2.29. The number of hydrogen-bond donors (Lipinski definition) is 1. The Morgan fingerprint density at radius 1 is 1.04 bits per heavy atom. The Labute approximate surface area is 147 Å². The molecule has 1 N–H and O–H groups in total. The normalized spacial score (nSPS) is 15.3. The number of benzene rings is 2. The Morgan fingerprint density at radius 2 is 1.80 bits per heavy atom. The van der Waals surface area contributed by atoms with E-state index in [9.17, 15) is 5.26 Å². The molecule has 0 aliphatic carbocycles. The molecule has 2 heterocycles. The first-order chi connectivity index (χ1) is 12.3. The highest BCUT2D eigenvalue weighted by Crippen LogP contribution is 2.23. The van der Waals surface area contributed by atoms with Crippen molar-refractivity contribution in [2.75, 3.05) is 18.0 Å². The van der Waals surface area contributed by atoms with Crippen molar-refractivity contribution in [3.8, 4) is 6.07 Å². The third-order valence-corrected chi connectivity index (χ3v) is 4.69. The molecular formula is C21H20N4. The van der Waals surface area contributed by atoms with Crippen LogP contribution >= 0.6 is 0 Å². The van der Waals surface area contributed by atoms with Gasteiger partial charge < -0.3 is 9.88 Å². The molecule has 0 radical (unpaired) electrons. The van der Waals surface area contributed by atoms with Crippen LogP contribution in [0.5, 0.6) is 0 Å². The highest BCUT2D eigenvalue weighted by molar-refractivity contribution is 5.90. The molecule has 0 unspecified atom stereocenters. The van der Waals surface area contributed by atoms with E-state index in [1.54, 1.807) is 0 Å². The molecule has 3 aromatic rings. The number of para-hydroxylation sites is 2. The van der Waals surface area contributed by atoms with Crippen LogP contribution in [0.15, 0.2) is 48.5 Å². The van der Waals surface area contributed by atoms with Crippen molar-refractivity contribution in [2.45, 2.75) is 19.3 Å². The molecule has 25 heavy (non-hydrogen) atoms. The summed E-state index contributed by atoms with van der Waals surface area (Å²) in [6, 6.07) is 18.5. The number of imidazole rings is 1. The van der Waals surface area contributed by atoms with Crippen LogP contribution in [-0.2, 0) is 0 Å². The second-order valence-corrected chi connectivity index (χ2v) is 6.41. The molecule has 1 aromatic heterocycles. The molecule has 4 rings (SSSR count). The highest BCUT2D eigenvalue weighted by Gasteiger charge is 2.11. The summed E-state index contributed by atoms with van der Waals surface area (Å²) in [6.07, 6.45) is 5.76. The second-order valence-electron chi connectivity index (χ2n) is 6.41. The SMILES string of the molecule is N#C/C(=C/c1ccc(N2CCCCC2)cc1)c1nc2ccccc2[nH]1. The van der Waals surface area contributed by atoms with Crippen molar-refractivity contribution in [3.63, 3.8) is 0 Å². The number of nitrogens with one attached hydrogen (secondary N) is 1. The largest absolute Gasteiger partial charge is 0.372 e. The summed E-state index contributed by atoms with van der Waals surface area (Å²) in [4.78, 5) is 10.2. The van der Waals surface area contributed by atoms with E-state index in [1.165, 1.54) is 24.9 Å². The van der Waals surface area contributed by atoms with Crippen molar-refractivity contribution >= 4 is 28.4 Å². The maximum absolute atomic E-state index is 9.54. The van der Waals surface area contributed by atoms with Crippen molar-refractivity contribution in [1.29, 1.82) is 5.26 Å². The van der Waals surface area contributed by atoms with E-state index in [-0.39, 0.29) is 0 Å². The molecule has 1 fully saturated rings. The standard InChI is InChI=1S/C21H20N4/c22-15-17(21-23-19-6-2-3-7-20(19)24-21)14-16-8-10-18(11-9-16)25-12-4-1-5-13-25/h2-3,6-11,14H,1,4-5,12-13H2,(H,23,24)/b17-14-. The second kappa shape index (κ2) is 6.82. The average Bonchev–Trinajstić information content (AvgIpc) is 3.11. The zero-order chi connectivity index (χ0) is 17.1. The Bertz CT molecular complexity index is 905. The van der Waals surface area contributed by atoms with Crippen LogP contribution in [0, 0.1) is 11.3 Å². The van der Waals surface area contributed by atoms with Gasteiger partial charge in [0.25, 0.3) is 0 Å². The predicted molar refractivity (Wildman–Crippen MR) is 102 cm³/mol. The summed E-state index contributed by atoms with van der Waals surface area (Å²) in [5.74, 6) is 0.615. The Balaban J connectivity index is 1.60. The number of piperidine rings is 1. The van der Waals surface area contributed by atoms with E-state index in [0.29, 0.717) is 11.4 Å². The minimum absolute atomic E-state index is 0.543. The number of nitrogens with zero attached hydrogens (tertiary/aromatic N) is 3. The van der Waals surface area contributed by atoms with Gasteiger partial charge in [0, 0.05) is 18.8 Å². The van der Waals surface area contributed by atoms with Crippen LogP contribution in [0.3, 0.4) is 0 Å². The van der Waals surface area contributed by atoms with Gasteiger partial charge >= 0.3 is 0 Å². The van der Waals surface area contributed by atoms with E-state index < -0.39 is 0 Å². The molecule has 1 saturated heterocycles. The Kier molecular flexibility index (Phi) is 4.22. The topological polar surface area (TPSA) is 55.7 Å². The van der Waals surface area contributed by atoms with Crippen molar-refractivity contribution in [2.24, 2.45) is 0 Å². The zero-order valence-corrected chi connectivity index (χ0v) is 14.1. The van der Waals surface area contributed by atoms with Gasteiger partial charge in [0.1, 0.15) is 11.9 Å². The van der Waals surface area contributed by atoms with E-state index >= 15 is 0 Å². The van der Waals surface area contributed by atoms with Gasteiger partial charge in [-0.05, 0) is 55.2 Å². The summed E-state index contributed by atoms with van der Waals surface area (Å²) >= 11 is 0. The van der Waals surface area contributed by atoms with Gasteiger partial charge in [-0.15, -0.1) is 0 Å². The van der Waals surface area contributed by atoms with Crippen LogP contribution in [0.1, 0.15) is 30.7 Å². The lowest BCUT2D eigenvalue weighted by Gasteiger charge is -2.28. The summed E-state index contributed by atoms with van der Waals surface area (Å²) < 4.78 is 0. The van der Waals surface area contributed by atoms with Crippen LogP contribution in [0.2, 0.25) is 0 Å². The number of fused-ring (bicyclic) bond motifs is 1. The number of anilines is 1. The molecule has 124 valence electrons. The molecule has 4 heteroatoms. The summed E-state index contributed by atoms with van der Waals surface area (Å²) in [5.41, 5.74) is 4.64. The summed E-state index contributed by atoms with van der Waals surface area (Å²) in [5, 5.41) is 9.54. The van der Waals surface area contributed by atoms with E-state index in [2.05, 4.69) is 45.2 Å². The minimum Gasteiger partial charge on any atom is -0.372 e. The van der Waals surface area contributed by atoms with E-state index in [4.69, 9.17) is 0 Å². The monoisotopic (exact) mass is 328 g/mol. The molecule has 0 spiro atoms. The Morgan fingerprint density at radius 3 is 2.52 bits per heavy atom. The molecule has 1 aliphatic heterocycles. The summed E-state index contributed by atoms with van der Waals surface area (Å²) in [6.45, 7) is 2.27. The highest BCUT2D eigenvalue weighted by atomic mass is 15.1. The predicted octanol–water partition coefficient (Wildman–Crippen LogP) is 4.62. The van der Waals surface area contributed by atoms with Gasteiger partial charge in [0.15, 0.2) is 0 Å². The van der Waals surface area contributed by atoms with E-state index in [1.807, 2.05) is 30.3 Å². The average molecular weight is 328 g/mol. The van der Waals surface area contributed by atoms with Crippen molar-refractivity contribution in [1.82, 2.24) is 9.97 Å². The maximum atomic E-state index is 9.54. The van der Waals surface area contributed by atoms with Crippen LogP contribution in [0.4, 0.5) is 5.69 Å². The lowest BCUT2D eigenvalue weighted by atomic mass is 10.1. The number of hydrogen-bond acceptors (Lipinski definition) is 3. The van der Waals surface area contributed by atoms with E-state index in [0.717, 1.165) is 29.7 Å². The minimum atomic E-state index is 0.543. The smallest absolute Gasteiger partial charge is 0.149 e. The molecular weight excluding hydrogens is 308 g/mol. The summed E-state index contributed by atoms with van der Waals surface area (Å²) in [7, 11) is 0. The number of nitriles is 1. The van der Waals surface area contributed by atoms with Gasteiger partial charge in [-0.3, -0.25) is 0 Å². The molecule has 0 amide bonds. The first kappa shape index (κ1) is 15.5. The van der Waals surface area contributed by atoms with Crippen LogP contribution < -0.4 is 4.90 Å². The third-order valence-electron chi connectivity index (χ3n) is 4.69. The van der Waals surface area contributed by atoms with Crippen molar-refractivity contribution in [3.05, 3.63) is 59.9 Å². The lowest BCUT2D eigenvalue weighted by molar-refractivity contribution is 0.578. The first-order valence-electron chi connectivity index (χ1n) is 8.75. The number of rotatable bonds is 3. The molecule has 0 bridgehead atoms. The number of aromatic nitrogens is 2. The number of aromatic amines is 1. The Hall–Kier alpha value is -3.06.